The van der Waals surface area contributed by atoms with Crippen LogP contribution in [0.25, 0.3) is 11.7 Å². The monoisotopic (exact) mass is 342 g/mol. The van der Waals surface area contributed by atoms with Crippen molar-refractivity contribution in [3.05, 3.63) is 52.3 Å². The molecule has 3 aromatic rings. The third-order valence-electron chi connectivity index (χ3n) is 4.10. The smallest absolute Gasteiger partial charge is 0.284 e. The lowest BCUT2D eigenvalue weighted by Crippen LogP contribution is -2.09. The predicted molar refractivity (Wildman–Crippen MR) is 92.4 cm³/mol. The van der Waals surface area contributed by atoms with Crippen LogP contribution in [0.4, 0.5) is 0 Å². The molecule has 0 aliphatic heterocycles. The Kier molecular flexibility index (Phi) is 4.57. The minimum atomic E-state index is 0.0656. The van der Waals surface area contributed by atoms with E-state index in [0.29, 0.717) is 16.9 Å². The van der Waals surface area contributed by atoms with Crippen molar-refractivity contribution in [3.8, 4) is 11.7 Å². The van der Waals surface area contributed by atoms with Crippen LogP contribution < -0.4 is 0 Å². The number of benzene rings is 1. The summed E-state index contributed by atoms with van der Waals surface area (Å²) in [6, 6.07) is 5.55. The number of ketones is 1. The first-order valence-corrected chi connectivity index (χ1v) is 8.56. The SMILES string of the molecule is Cc1cc(C)c(C(=O)CSc2nnc(-c3ccco3)o2)c(C)c1C. The predicted octanol–water partition coefficient (Wildman–Crippen LogP) is 4.54. The summed E-state index contributed by atoms with van der Waals surface area (Å²) in [4.78, 5) is 12.6. The van der Waals surface area contributed by atoms with Crippen molar-refractivity contribution in [2.45, 2.75) is 32.9 Å². The van der Waals surface area contributed by atoms with E-state index in [2.05, 4.69) is 23.2 Å². The van der Waals surface area contributed by atoms with E-state index in [1.54, 1.807) is 18.4 Å². The molecule has 0 radical (unpaired) electrons. The summed E-state index contributed by atoms with van der Waals surface area (Å²) in [7, 11) is 0. The van der Waals surface area contributed by atoms with Crippen molar-refractivity contribution < 1.29 is 13.6 Å². The van der Waals surface area contributed by atoms with Crippen LogP contribution in [0.5, 0.6) is 0 Å². The maximum Gasteiger partial charge on any atom is 0.284 e. The van der Waals surface area contributed by atoms with Gasteiger partial charge in [0.1, 0.15) is 0 Å². The zero-order chi connectivity index (χ0) is 17.3. The molecule has 0 aliphatic rings. The van der Waals surface area contributed by atoms with Crippen LogP contribution in [0.2, 0.25) is 0 Å². The lowest BCUT2D eigenvalue weighted by Gasteiger charge is -2.13. The fourth-order valence-electron chi connectivity index (χ4n) is 2.68. The van der Waals surface area contributed by atoms with Crippen molar-refractivity contribution >= 4 is 17.5 Å². The molecule has 3 rings (SSSR count). The minimum absolute atomic E-state index is 0.0656. The molecule has 0 N–H and O–H groups in total. The molecule has 2 heterocycles. The molecule has 0 atom stereocenters. The number of aromatic nitrogens is 2. The molecule has 0 amide bonds. The first-order chi connectivity index (χ1) is 11.5. The number of hydrogen-bond donors (Lipinski definition) is 0. The fraction of sp³-hybridized carbons (Fsp3) is 0.278. The largest absolute Gasteiger partial charge is 0.459 e. The molecule has 6 heteroatoms. The van der Waals surface area contributed by atoms with Gasteiger partial charge in [-0.1, -0.05) is 17.8 Å². The third kappa shape index (κ3) is 3.14. The molecular formula is C18H18N2O3S. The first-order valence-electron chi connectivity index (χ1n) is 7.58. The molecule has 0 saturated heterocycles. The summed E-state index contributed by atoms with van der Waals surface area (Å²) in [6.45, 7) is 8.07. The second kappa shape index (κ2) is 6.65. The molecular weight excluding hydrogens is 324 g/mol. The Balaban J connectivity index is 1.74. The van der Waals surface area contributed by atoms with Crippen molar-refractivity contribution in [1.82, 2.24) is 10.2 Å². The number of nitrogens with zero attached hydrogens (tertiary/aromatic N) is 2. The topological polar surface area (TPSA) is 69.1 Å². The maximum atomic E-state index is 12.6. The number of carbonyl (C=O) groups is 1. The summed E-state index contributed by atoms with van der Waals surface area (Å²) in [5.41, 5.74) is 5.19. The van der Waals surface area contributed by atoms with Crippen LogP contribution in [-0.2, 0) is 0 Å². The number of rotatable bonds is 5. The molecule has 0 bridgehead atoms. The van der Waals surface area contributed by atoms with Gasteiger partial charge in [0.15, 0.2) is 11.5 Å². The standard InChI is InChI=1S/C18H18N2O3S/c1-10-8-11(2)16(13(4)12(10)3)14(21)9-24-18-20-19-17(23-18)15-6-5-7-22-15/h5-8H,9H2,1-4H3. The van der Waals surface area contributed by atoms with E-state index < -0.39 is 0 Å². The van der Waals surface area contributed by atoms with E-state index in [1.165, 1.54) is 17.3 Å². The zero-order valence-electron chi connectivity index (χ0n) is 14.0. The molecule has 0 saturated carbocycles. The molecule has 24 heavy (non-hydrogen) atoms. The molecule has 5 nitrogen and oxygen atoms in total. The Morgan fingerprint density at radius 2 is 1.92 bits per heavy atom. The molecule has 124 valence electrons. The second-order valence-corrected chi connectivity index (χ2v) is 6.62. The van der Waals surface area contributed by atoms with Crippen LogP contribution >= 0.6 is 11.8 Å². The van der Waals surface area contributed by atoms with Crippen LogP contribution in [0.15, 0.2) is 38.5 Å². The quantitative estimate of drug-likeness (QED) is 0.501. The maximum absolute atomic E-state index is 12.6. The third-order valence-corrected chi connectivity index (χ3v) is 4.92. The van der Waals surface area contributed by atoms with E-state index in [1.807, 2.05) is 20.8 Å². The van der Waals surface area contributed by atoms with Gasteiger partial charge in [-0.25, -0.2) is 0 Å². The molecule has 0 fully saturated rings. The van der Waals surface area contributed by atoms with E-state index in [-0.39, 0.29) is 11.5 Å². The fourth-order valence-corrected chi connectivity index (χ4v) is 3.32. The number of aryl methyl sites for hydroxylation is 2. The van der Waals surface area contributed by atoms with Crippen LogP contribution in [0.1, 0.15) is 32.6 Å². The molecule has 2 aromatic heterocycles. The van der Waals surface area contributed by atoms with Gasteiger partial charge < -0.3 is 8.83 Å². The number of thioether (sulfide) groups is 1. The van der Waals surface area contributed by atoms with Gasteiger partial charge >= 0.3 is 0 Å². The van der Waals surface area contributed by atoms with Crippen molar-refractivity contribution in [3.63, 3.8) is 0 Å². The molecule has 1 aromatic carbocycles. The Bertz CT molecular complexity index is 882. The summed E-state index contributed by atoms with van der Waals surface area (Å²) >= 11 is 1.24. The van der Waals surface area contributed by atoms with E-state index in [9.17, 15) is 4.79 Å². The first kappa shape index (κ1) is 16.5. The van der Waals surface area contributed by atoms with E-state index in [0.717, 1.165) is 22.3 Å². The number of furan rings is 1. The summed E-state index contributed by atoms with van der Waals surface area (Å²) in [6.07, 6.45) is 1.54. The highest BCUT2D eigenvalue weighted by molar-refractivity contribution is 7.99. The summed E-state index contributed by atoms with van der Waals surface area (Å²) in [5.74, 6) is 1.15. The average Bonchev–Trinajstić information content (AvgIpc) is 3.21. The van der Waals surface area contributed by atoms with Gasteiger partial charge in [0, 0.05) is 5.56 Å². The van der Waals surface area contributed by atoms with E-state index >= 15 is 0 Å². The van der Waals surface area contributed by atoms with Gasteiger partial charge in [-0.2, -0.15) is 0 Å². The Morgan fingerprint density at radius 3 is 2.62 bits per heavy atom. The zero-order valence-corrected chi connectivity index (χ0v) is 14.9. The van der Waals surface area contributed by atoms with Gasteiger partial charge in [-0.15, -0.1) is 10.2 Å². The minimum Gasteiger partial charge on any atom is -0.459 e. The van der Waals surface area contributed by atoms with Gasteiger partial charge in [0.05, 0.1) is 12.0 Å². The second-order valence-electron chi connectivity index (χ2n) is 5.70. The van der Waals surface area contributed by atoms with Crippen LogP contribution in [0.3, 0.4) is 0 Å². The lowest BCUT2D eigenvalue weighted by molar-refractivity contribution is 0.102. The average molecular weight is 342 g/mol. The Labute approximate surface area is 144 Å². The highest BCUT2D eigenvalue weighted by Gasteiger charge is 2.18. The molecule has 0 unspecified atom stereocenters. The van der Waals surface area contributed by atoms with E-state index in [4.69, 9.17) is 8.83 Å². The van der Waals surface area contributed by atoms with Gasteiger partial charge in [0.25, 0.3) is 11.1 Å². The van der Waals surface area contributed by atoms with Crippen molar-refractivity contribution in [1.29, 1.82) is 0 Å². The molecule has 0 spiro atoms. The summed E-state index contributed by atoms with van der Waals surface area (Å²) in [5, 5.41) is 8.23. The number of hydrogen-bond acceptors (Lipinski definition) is 6. The molecule has 0 aliphatic carbocycles. The summed E-state index contributed by atoms with van der Waals surface area (Å²) < 4.78 is 10.7. The van der Waals surface area contributed by atoms with Gasteiger partial charge in [-0.05, 0) is 62.1 Å². The normalized spacial score (nSPS) is 11.0. The van der Waals surface area contributed by atoms with Crippen molar-refractivity contribution in [2.75, 3.05) is 5.75 Å². The van der Waals surface area contributed by atoms with Crippen molar-refractivity contribution in [2.24, 2.45) is 0 Å². The van der Waals surface area contributed by atoms with Gasteiger partial charge in [-0.3, -0.25) is 4.79 Å². The Hall–Kier alpha value is -2.34. The highest BCUT2D eigenvalue weighted by atomic mass is 32.2. The number of Topliss-reactive ketones (excluding diaryl/α,β-unsaturated/α-hetero) is 1. The van der Waals surface area contributed by atoms with Gasteiger partial charge in [0.2, 0.25) is 0 Å². The van der Waals surface area contributed by atoms with Crippen LogP contribution in [0, 0.1) is 27.7 Å². The number of carbonyl (C=O) groups excluding carboxylic acids is 1. The lowest BCUT2D eigenvalue weighted by atomic mass is 9.92. The Morgan fingerprint density at radius 1 is 1.12 bits per heavy atom. The highest BCUT2D eigenvalue weighted by Crippen LogP contribution is 2.26. The van der Waals surface area contributed by atoms with Crippen LogP contribution in [-0.4, -0.2) is 21.7 Å².